The Labute approximate surface area is 140 Å². The van der Waals surface area contributed by atoms with E-state index in [0.717, 1.165) is 16.9 Å². The summed E-state index contributed by atoms with van der Waals surface area (Å²) in [5.41, 5.74) is 2.35. The third-order valence-corrected chi connectivity index (χ3v) is 5.95. The smallest absolute Gasteiger partial charge is 0.241 e. The van der Waals surface area contributed by atoms with Crippen LogP contribution in [-0.2, 0) is 10.0 Å². The minimum absolute atomic E-state index is 0.146. The van der Waals surface area contributed by atoms with Crippen molar-refractivity contribution in [2.75, 3.05) is 6.61 Å². The van der Waals surface area contributed by atoms with Gasteiger partial charge in [0.1, 0.15) is 12.4 Å². The lowest BCUT2D eigenvalue weighted by Crippen LogP contribution is -2.44. The summed E-state index contributed by atoms with van der Waals surface area (Å²) < 4.78 is 33.1. The first kappa shape index (κ1) is 15.4. The van der Waals surface area contributed by atoms with Crippen LogP contribution in [0.4, 0.5) is 0 Å². The average Bonchev–Trinajstić information content (AvgIpc) is 2.59. The second-order valence-corrected chi connectivity index (χ2v) is 7.73. The Morgan fingerprint density at radius 2 is 1.88 bits per heavy atom. The molecule has 0 saturated heterocycles. The minimum Gasteiger partial charge on any atom is -0.489 e. The van der Waals surface area contributed by atoms with Crippen molar-refractivity contribution in [3.05, 3.63) is 65.2 Å². The quantitative estimate of drug-likeness (QED) is 0.877. The maximum Gasteiger partial charge on any atom is 0.241 e. The molecule has 0 amide bonds. The number of aliphatic hydroxyl groups excluding tert-OH is 1. The van der Waals surface area contributed by atoms with Gasteiger partial charge in [0, 0.05) is 11.1 Å². The standard InChI is InChI=1S/C18H17NO4S/c20-18-14-6-2-4-8-17(14)24(21,22)19-15(18)10-12-9-13-5-1-3-7-16(13)23-11-12/h1-9,15,18-20H,10-11H2/t15-,18-/m1/s1. The van der Waals surface area contributed by atoms with E-state index in [1.165, 1.54) is 6.07 Å². The predicted octanol–water partition coefficient (Wildman–Crippen LogP) is 2.25. The number of ether oxygens (including phenoxy) is 1. The number of rotatable bonds is 2. The SMILES string of the molecule is O=S1(=O)N[C@H](CC2=Cc3ccccc3OC2)[C@H](O)c2ccccc21. The van der Waals surface area contributed by atoms with Crippen LogP contribution in [-0.4, -0.2) is 26.2 Å². The molecule has 0 bridgehead atoms. The molecule has 6 heteroatoms. The fraction of sp³-hybridized carbons (Fsp3) is 0.222. The van der Waals surface area contributed by atoms with Crippen LogP contribution in [0.5, 0.6) is 5.75 Å². The summed E-state index contributed by atoms with van der Waals surface area (Å²) in [5.74, 6) is 0.816. The molecular formula is C18H17NO4S. The molecule has 2 N–H and O–H groups in total. The van der Waals surface area contributed by atoms with E-state index in [-0.39, 0.29) is 4.90 Å². The molecule has 0 saturated carbocycles. The lowest BCUT2D eigenvalue weighted by molar-refractivity contribution is 0.130. The molecule has 2 aromatic carbocycles. The van der Waals surface area contributed by atoms with Crippen LogP contribution in [0.15, 0.2) is 59.0 Å². The van der Waals surface area contributed by atoms with Crippen LogP contribution in [0.25, 0.3) is 6.08 Å². The average molecular weight is 343 g/mol. The molecule has 5 nitrogen and oxygen atoms in total. The number of hydrogen-bond acceptors (Lipinski definition) is 4. The summed E-state index contributed by atoms with van der Waals surface area (Å²) in [6.45, 7) is 0.392. The van der Waals surface area contributed by atoms with Gasteiger partial charge < -0.3 is 9.84 Å². The predicted molar refractivity (Wildman–Crippen MR) is 90.0 cm³/mol. The molecule has 4 rings (SSSR count). The molecule has 0 spiro atoms. The van der Waals surface area contributed by atoms with Crippen molar-refractivity contribution >= 4 is 16.1 Å². The van der Waals surface area contributed by atoms with Crippen molar-refractivity contribution in [3.8, 4) is 5.75 Å². The molecule has 0 fully saturated rings. The normalized spacial score (nSPS) is 24.3. The van der Waals surface area contributed by atoms with Crippen LogP contribution in [0.2, 0.25) is 0 Å². The molecule has 24 heavy (non-hydrogen) atoms. The van der Waals surface area contributed by atoms with Crippen LogP contribution in [0, 0.1) is 0 Å². The number of fused-ring (bicyclic) bond motifs is 2. The molecule has 2 aromatic rings. The van der Waals surface area contributed by atoms with Gasteiger partial charge in [-0.2, -0.15) is 0 Å². The third-order valence-electron chi connectivity index (χ3n) is 4.39. The summed E-state index contributed by atoms with van der Waals surface area (Å²) >= 11 is 0. The van der Waals surface area contributed by atoms with E-state index in [0.29, 0.717) is 18.6 Å². The maximum absolute atomic E-state index is 12.4. The minimum atomic E-state index is -3.61. The van der Waals surface area contributed by atoms with E-state index in [4.69, 9.17) is 4.74 Å². The summed E-state index contributed by atoms with van der Waals surface area (Å²) in [7, 11) is -3.61. The van der Waals surface area contributed by atoms with Crippen molar-refractivity contribution in [3.63, 3.8) is 0 Å². The highest BCUT2D eigenvalue weighted by Crippen LogP contribution is 2.34. The molecule has 124 valence electrons. The largest absolute Gasteiger partial charge is 0.489 e. The van der Waals surface area contributed by atoms with E-state index in [1.807, 2.05) is 30.3 Å². The fourth-order valence-corrected chi connectivity index (χ4v) is 4.73. The second kappa shape index (κ2) is 5.73. The van der Waals surface area contributed by atoms with Gasteiger partial charge in [-0.15, -0.1) is 0 Å². The van der Waals surface area contributed by atoms with Crippen molar-refractivity contribution in [1.29, 1.82) is 0 Å². The van der Waals surface area contributed by atoms with Crippen LogP contribution in [0.1, 0.15) is 23.7 Å². The fourth-order valence-electron chi connectivity index (χ4n) is 3.23. The summed E-state index contributed by atoms with van der Waals surface area (Å²) in [5, 5.41) is 10.6. The van der Waals surface area contributed by atoms with Gasteiger partial charge in [0.15, 0.2) is 0 Å². The summed E-state index contributed by atoms with van der Waals surface area (Å²) in [6, 6.07) is 13.6. The lowest BCUT2D eigenvalue weighted by atomic mass is 9.95. The van der Waals surface area contributed by atoms with Crippen molar-refractivity contribution in [2.24, 2.45) is 0 Å². The zero-order chi connectivity index (χ0) is 16.7. The van der Waals surface area contributed by atoms with Crippen LogP contribution < -0.4 is 9.46 Å². The van der Waals surface area contributed by atoms with E-state index in [9.17, 15) is 13.5 Å². The molecule has 0 unspecified atom stereocenters. The first-order chi connectivity index (χ1) is 11.5. The van der Waals surface area contributed by atoms with Gasteiger partial charge in [-0.05, 0) is 30.2 Å². The first-order valence-corrected chi connectivity index (χ1v) is 9.23. The van der Waals surface area contributed by atoms with Gasteiger partial charge in [-0.1, -0.05) is 36.4 Å². The van der Waals surface area contributed by atoms with Crippen molar-refractivity contribution < 1.29 is 18.3 Å². The zero-order valence-corrected chi connectivity index (χ0v) is 13.7. The Hall–Kier alpha value is -2.15. The zero-order valence-electron chi connectivity index (χ0n) is 12.8. The molecule has 2 atom stereocenters. The molecule has 2 aliphatic heterocycles. The Kier molecular flexibility index (Phi) is 3.68. The highest BCUT2D eigenvalue weighted by molar-refractivity contribution is 7.89. The Balaban J connectivity index is 1.64. The second-order valence-electron chi connectivity index (χ2n) is 6.04. The lowest BCUT2D eigenvalue weighted by Gasteiger charge is -2.32. The Morgan fingerprint density at radius 1 is 1.12 bits per heavy atom. The van der Waals surface area contributed by atoms with Crippen molar-refractivity contribution in [1.82, 2.24) is 4.72 Å². The Morgan fingerprint density at radius 3 is 2.75 bits per heavy atom. The van der Waals surface area contributed by atoms with Crippen molar-refractivity contribution in [2.45, 2.75) is 23.5 Å². The van der Waals surface area contributed by atoms with Crippen LogP contribution >= 0.6 is 0 Å². The first-order valence-electron chi connectivity index (χ1n) is 7.75. The van der Waals surface area contributed by atoms with E-state index in [1.54, 1.807) is 18.2 Å². The monoisotopic (exact) mass is 343 g/mol. The number of para-hydroxylation sites is 1. The number of hydrogen-bond donors (Lipinski definition) is 2. The van der Waals surface area contributed by atoms with Crippen LogP contribution in [0.3, 0.4) is 0 Å². The number of sulfonamides is 1. The molecule has 0 aromatic heterocycles. The van der Waals surface area contributed by atoms with E-state index < -0.39 is 22.2 Å². The molecule has 0 aliphatic carbocycles. The summed E-state index contributed by atoms with van der Waals surface area (Å²) in [4.78, 5) is 0.146. The number of aliphatic hydroxyl groups is 1. The topological polar surface area (TPSA) is 75.6 Å². The van der Waals surface area contributed by atoms with Gasteiger partial charge >= 0.3 is 0 Å². The maximum atomic E-state index is 12.4. The Bertz CT molecular complexity index is 920. The van der Waals surface area contributed by atoms with Gasteiger partial charge in [0.05, 0.1) is 17.0 Å². The highest BCUT2D eigenvalue weighted by Gasteiger charge is 2.36. The van der Waals surface area contributed by atoms with Gasteiger partial charge in [-0.25, -0.2) is 13.1 Å². The van der Waals surface area contributed by atoms with Gasteiger partial charge in [0.2, 0.25) is 10.0 Å². The molecule has 2 aliphatic rings. The number of benzene rings is 2. The molecule has 0 radical (unpaired) electrons. The highest BCUT2D eigenvalue weighted by atomic mass is 32.2. The number of nitrogens with one attached hydrogen (secondary N) is 1. The molecular weight excluding hydrogens is 326 g/mol. The van der Waals surface area contributed by atoms with Gasteiger partial charge in [0.25, 0.3) is 0 Å². The van der Waals surface area contributed by atoms with E-state index in [2.05, 4.69) is 4.72 Å². The van der Waals surface area contributed by atoms with E-state index >= 15 is 0 Å². The van der Waals surface area contributed by atoms with Gasteiger partial charge in [-0.3, -0.25) is 0 Å². The third kappa shape index (κ3) is 2.62. The molecule has 2 heterocycles. The summed E-state index contributed by atoms with van der Waals surface area (Å²) in [6.07, 6.45) is 1.51.